The van der Waals surface area contributed by atoms with E-state index < -0.39 is 11.4 Å². The molecule has 0 aliphatic carbocycles. The van der Waals surface area contributed by atoms with E-state index >= 15 is 0 Å². The van der Waals surface area contributed by atoms with Crippen molar-refractivity contribution in [1.82, 2.24) is 14.8 Å². The van der Waals surface area contributed by atoms with E-state index in [0.717, 1.165) is 37.5 Å². The number of rotatable bonds is 2. The molecule has 4 rings (SSSR count). The first kappa shape index (κ1) is 22.5. The van der Waals surface area contributed by atoms with Crippen molar-refractivity contribution in [2.24, 2.45) is 0 Å². The van der Waals surface area contributed by atoms with E-state index in [4.69, 9.17) is 14.2 Å². The Morgan fingerprint density at radius 3 is 2.35 bits per heavy atom. The summed E-state index contributed by atoms with van der Waals surface area (Å²) in [4.78, 5) is 33.5. The molecule has 0 N–H and O–H groups in total. The minimum absolute atomic E-state index is 0.0145. The molecule has 3 aliphatic rings. The van der Waals surface area contributed by atoms with E-state index in [1.807, 2.05) is 31.1 Å². The third-order valence-corrected chi connectivity index (χ3v) is 7.08. The van der Waals surface area contributed by atoms with Gasteiger partial charge in [-0.25, -0.2) is 9.78 Å². The Labute approximate surface area is 187 Å². The molecule has 3 saturated heterocycles. The van der Waals surface area contributed by atoms with E-state index in [1.54, 1.807) is 16.2 Å². The summed E-state index contributed by atoms with van der Waals surface area (Å²) in [6.07, 6.45) is 3.76. The van der Waals surface area contributed by atoms with Crippen LogP contribution in [0.4, 0.5) is 4.79 Å². The Morgan fingerprint density at radius 2 is 1.74 bits per heavy atom. The fourth-order valence-corrected chi connectivity index (χ4v) is 5.29. The minimum Gasteiger partial charge on any atom is -0.444 e. The van der Waals surface area contributed by atoms with E-state index in [1.165, 1.54) is 0 Å². The number of piperidine rings is 2. The molecule has 4 heterocycles. The number of amides is 2. The Balaban J connectivity index is 1.29. The third kappa shape index (κ3) is 5.38. The first-order valence-corrected chi connectivity index (χ1v) is 12.1. The van der Waals surface area contributed by atoms with Crippen molar-refractivity contribution in [1.29, 1.82) is 0 Å². The zero-order valence-corrected chi connectivity index (χ0v) is 19.5. The maximum atomic E-state index is 13.0. The molecule has 2 amide bonds. The number of nitrogens with zero attached hydrogens (tertiary/aromatic N) is 3. The molecule has 172 valence electrons. The Morgan fingerprint density at radius 1 is 1.10 bits per heavy atom. The lowest BCUT2D eigenvalue weighted by Gasteiger charge is -2.43. The molecule has 0 saturated carbocycles. The summed E-state index contributed by atoms with van der Waals surface area (Å²) in [6.45, 7) is 9.65. The van der Waals surface area contributed by atoms with Gasteiger partial charge in [0.05, 0.1) is 18.2 Å². The van der Waals surface area contributed by atoms with Crippen molar-refractivity contribution in [2.75, 3.05) is 39.4 Å². The molecule has 1 aromatic heterocycles. The summed E-state index contributed by atoms with van der Waals surface area (Å²) in [5.74, 6) is -0.233. The van der Waals surface area contributed by atoms with Crippen molar-refractivity contribution in [2.45, 2.75) is 70.2 Å². The van der Waals surface area contributed by atoms with Gasteiger partial charge in [-0.15, -0.1) is 11.3 Å². The molecule has 0 aromatic carbocycles. The van der Waals surface area contributed by atoms with Gasteiger partial charge in [-0.3, -0.25) is 4.79 Å². The highest BCUT2D eigenvalue weighted by Gasteiger charge is 2.40. The summed E-state index contributed by atoms with van der Waals surface area (Å²) in [5, 5.41) is 2.86. The van der Waals surface area contributed by atoms with Crippen LogP contribution in [-0.2, 0) is 14.2 Å². The van der Waals surface area contributed by atoms with Gasteiger partial charge in [0.2, 0.25) is 0 Å². The number of carbonyl (C=O) groups excluding carboxylic acids is 2. The lowest BCUT2D eigenvalue weighted by atomic mass is 9.98. The molecule has 1 spiro atoms. The van der Waals surface area contributed by atoms with Crippen LogP contribution in [0.3, 0.4) is 0 Å². The highest BCUT2D eigenvalue weighted by atomic mass is 32.1. The monoisotopic (exact) mass is 451 g/mol. The van der Waals surface area contributed by atoms with Crippen molar-refractivity contribution in [3.63, 3.8) is 0 Å². The number of ether oxygens (including phenoxy) is 3. The van der Waals surface area contributed by atoms with Gasteiger partial charge in [0.1, 0.15) is 11.3 Å². The van der Waals surface area contributed by atoms with Gasteiger partial charge < -0.3 is 24.0 Å². The molecule has 9 heteroatoms. The van der Waals surface area contributed by atoms with Gasteiger partial charge in [-0.2, -0.15) is 0 Å². The predicted octanol–water partition coefficient (Wildman–Crippen LogP) is 3.63. The third-order valence-electron chi connectivity index (χ3n) is 6.07. The van der Waals surface area contributed by atoms with Crippen molar-refractivity contribution in [3.8, 4) is 0 Å². The Hall–Kier alpha value is -1.71. The minimum atomic E-state index is -0.496. The van der Waals surface area contributed by atoms with Gasteiger partial charge in [-0.1, -0.05) is 0 Å². The van der Waals surface area contributed by atoms with Crippen LogP contribution in [0, 0.1) is 0 Å². The molecule has 0 bridgehead atoms. The predicted molar refractivity (Wildman–Crippen MR) is 116 cm³/mol. The van der Waals surface area contributed by atoms with Crippen LogP contribution in [0.2, 0.25) is 0 Å². The molecule has 0 unspecified atom stereocenters. The summed E-state index contributed by atoms with van der Waals surface area (Å²) in [5.41, 5.74) is 0.0398. The molecule has 0 radical (unpaired) electrons. The first-order chi connectivity index (χ1) is 14.7. The molecular formula is C22H33N3O5S. The summed E-state index contributed by atoms with van der Waals surface area (Å²) in [7, 11) is 0. The number of hydrogen-bond donors (Lipinski definition) is 0. The normalized spacial score (nSPS) is 22.5. The molecule has 8 nitrogen and oxygen atoms in total. The molecule has 1 aromatic rings. The van der Waals surface area contributed by atoms with Crippen LogP contribution >= 0.6 is 11.3 Å². The fourth-order valence-electron chi connectivity index (χ4n) is 4.33. The van der Waals surface area contributed by atoms with Crippen LogP contribution in [0.1, 0.15) is 74.3 Å². The number of thiazole rings is 1. The van der Waals surface area contributed by atoms with Gasteiger partial charge in [-0.05, 0) is 40.0 Å². The SMILES string of the molecule is CC(C)(C)OC(=O)N1CCC(c2nc(C(=O)N3CCC4(CC3)OCCCO4)cs2)CC1. The van der Waals surface area contributed by atoms with E-state index in [2.05, 4.69) is 4.98 Å². The van der Waals surface area contributed by atoms with E-state index in [9.17, 15) is 9.59 Å². The van der Waals surface area contributed by atoms with Gasteiger partial charge in [0.25, 0.3) is 5.91 Å². The standard InChI is InChI=1S/C22H33N3O5S/c1-21(2,3)30-20(27)25-9-5-16(6-10-25)18-23-17(15-31-18)19(26)24-11-7-22(8-12-24)28-13-4-14-29-22/h15-16H,4-14H2,1-3H3. The second kappa shape index (κ2) is 9.03. The quantitative estimate of drug-likeness (QED) is 0.683. The molecular weight excluding hydrogens is 418 g/mol. The van der Waals surface area contributed by atoms with E-state index in [-0.39, 0.29) is 17.9 Å². The van der Waals surface area contributed by atoms with E-state index in [0.29, 0.717) is 44.7 Å². The van der Waals surface area contributed by atoms with Gasteiger partial charge in [0, 0.05) is 50.3 Å². The smallest absolute Gasteiger partial charge is 0.410 e. The Bertz CT molecular complexity index is 781. The number of hydrogen-bond acceptors (Lipinski definition) is 7. The van der Waals surface area contributed by atoms with Crippen molar-refractivity contribution in [3.05, 3.63) is 16.1 Å². The average Bonchev–Trinajstić information content (AvgIpc) is 3.24. The number of likely N-dealkylation sites (tertiary alicyclic amines) is 2. The zero-order chi connectivity index (χ0) is 22.1. The van der Waals surface area contributed by atoms with Crippen LogP contribution in [-0.4, -0.2) is 77.6 Å². The highest BCUT2D eigenvalue weighted by molar-refractivity contribution is 7.09. The second-order valence-corrected chi connectivity index (χ2v) is 10.5. The topological polar surface area (TPSA) is 81.2 Å². The number of carbonyl (C=O) groups is 2. The van der Waals surface area contributed by atoms with Crippen LogP contribution in [0.25, 0.3) is 0 Å². The lowest BCUT2D eigenvalue weighted by Crippen LogP contribution is -2.51. The van der Waals surface area contributed by atoms with Crippen molar-refractivity contribution < 1.29 is 23.8 Å². The summed E-state index contributed by atoms with van der Waals surface area (Å²) < 4.78 is 17.2. The maximum absolute atomic E-state index is 13.0. The molecule has 3 fully saturated rings. The largest absolute Gasteiger partial charge is 0.444 e. The van der Waals surface area contributed by atoms with Crippen LogP contribution < -0.4 is 0 Å². The molecule has 31 heavy (non-hydrogen) atoms. The lowest BCUT2D eigenvalue weighted by molar-refractivity contribution is -0.281. The maximum Gasteiger partial charge on any atom is 0.410 e. The average molecular weight is 452 g/mol. The highest BCUT2D eigenvalue weighted by Crippen LogP contribution is 2.33. The van der Waals surface area contributed by atoms with Gasteiger partial charge in [0.15, 0.2) is 5.79 Å². The Kier molecular flexibility index (Phi) is 6.55. The van der Waals surface area contributed by atoms with Crippen molar-refractivity contribution >= 4 is 23.3 Å². The zero-order valence-electron chi connectivity index (χ0n) is 18.7. The molecule has 3 aliphatic heterocycles. The van der Waals surface area contributed by atoms with Gasteiger partial charge >= 0.3 is 6.09 Å². The fraction of sp³-hybridized carbons (Fsp3) is 0.773. The number of aromatic nitrogens is 1. The first-order valence-electron chi connectivity index (χ1n) is 11.3. The van der Waals surface area contributed by atoms with Crippen LogP contribution in [0.15, 0.2) is 5.38 Å². The summed E-state index contributed by atoms with van der Waals surface area (Å²) >= 11 is 1.55. The second-order valence-electron chi connectivity index (χ2n) is 9.57. The molecule has 0 atom stereocenters. The summed E-state index contributed by atoms with van der Waals surface area (Å²) in [6, 6.07) is 0. The van der Waals surface area contributed by atoms with Crippen LogP contribution in [0.5, 0.6) is 0 Å².